The molecule has 1 aromatic heterocycles. The van der Waals surface area contributed by atoms with Crippen molar-refractivity contribution in [1.29, 1.82) is 0 Å². The Morgan fingerprint density at radius 1 is 1.10 bits per heavy atom. The lowest BCUT2D eigenvalue weighted by molar-refractivity contribution is -0.114. The smallest absolute Gasteiger partial charge is 0.354 e. The second-order valence-corrected chi connectivity index (χ2v) is 4.12. The summed E-state index contributed by atoms with van der Waals surface area (Å²) in [5.74, 6) is -1.21. The van der Waals surface area contributed by atoms with Gasteiger partial charge in [-0.1, -0.05) is 6.07 Å². The van der Waals surface area contributed by atoms with Gasteiger partial charge in [0.15, 0.2) is 0 Å². The molecule has 0 fully saturated rings. The standard InChI is InChI=1S/C14H13N3O3/c1-9(18)16-10-3-2-4-11(7-10)17-12-5-6-13(14(19)20)15-8-12/h2-8,17H,1H3,(H,16,18)(H,19,20). The van der Waals surface area contributed by atoms with Crippen LogP contribution in [0.25, 0.3) is 0 Å². The first-order chi connectivity index (χ1) is 9.54. The molecule has 2 rings (SSSR count). The number of pyridine rings is 1. The first-order valence-electron chi connectivity index (χ1n) is 5.88. The molecule has 0 atom stereocenters. The number of carboxylic acid groups (broad SMARTS) is 1. The van der Waals surface area contributed by atoms with Crippen LogP contribution in [0.3, 0.4) is 0 Å². The van der Waals surface area contributed by atoms with E-state index in [9.17, 15) is 9.59 Å². The number of carbonyl (C=O) groups is 2. The lowest BCUT2D eigenvalue weighted by atomic mass is 10.2. The summed E-state index contributed by atoms with van der Waals surface area (Å²) in [7, 11) is 0. The zero-order chi connectivity index (χ0) is 14.5. The zero-order valence-corrected chi connectivity index (χ0v) is 10.8. The van der Waals surface area contributed by atoms with E-state index in [1.54, 1.807) is 24.3 Å². The van der Waals surface area contributed by atoms with E-state index < -0.39 is 5.97 Å². The van der Waals surface area contributed by atoms with Gasteiger partial charge in [-0.15, -0.1) is 0 Å². The van der Waals surface area contributed by atoms with Crippen LogP contribution in [0.1, 0.15) is 17.4 Å². The van der Waals surface area contributed by atoms with Gasteiger partial charge < -0.3 is 15.7 Å². The number of nitrogens with one attached hydrogen (secondary N) is 2. The van der Waals surface area contributed by atoms with Crippen LogP contribution >= 0.6 is 0 Å². The van der Waals surface area contributed by atoms with Gasteiger partial charge in [0.2, 0.25) is 5.91 Å². The van der Waals surface area contributed by atoms with Crippen LogP contribution in [0.5, 0.6) is 0 Å². The van der Waals surface area contributed by atoms with Gasteiger partial charge in [0.05, 0.1) is 11.9 Å². The molecule has 0 unspecified atom stereocenters. The van der Waals surface area contributed by atoms with Gasteiger partial charge in [-0.25, -0.2) is 9.78 Å². The van der Waals surface area contributed by atoms with Crippen LogP contribution < -0.4 is 10.6 Å². The minimum Gasteiger partial charge on any atom is -0.477 e. The average Bonchev–Trinajstić information content (AvgIpc) is 2.39. The summed E-state index contributed by atoms with van der Waals surface area (Å²) >= 11 is 0. The second-order valence-electron chi connectivity index (χ2n) is 4.12. The molecule has 102 valence electrons. The normalized spacial score (nSPS) is 9.85. The lowest BCUT2D eigenvalue weighted by Gasteiger charge is -2.08. The molecule has 1 heterocycles. The van der Waals surface area contributed by atoms with Gasteiger partial charge in [-0.3, -0.25) is 4.79 Å². The topological polar surface area (TPSA) is 91.3 Å². The number of carbonyl (C=O) groups excluding carboxylic acids is 1. The fraction of sp³-hybridized carbons (Fsp3) is 0.0714. The molecule has 0 spiro atoms. The summed E-state index contributed by atoms with van der Waals surface area (Å²) in [6.07, 6.45) is 1.44. The Hall–Kier alpha value is -2.89. The monoisotopic (exact) mass is 271 g/mol. The van der Waals surface area contributed by atoms with Crippen LogP contribution in [-0.2, 0) is 4.79 Å². The highest BCUT2D eigenvalue weighted by Crippen LogP contribution is 2.19. The Balaban J connectivity index is 2.13. The predicted octanol–water partition coefficient (Wildman–Crippen LogP) is 2.48. The van der Waals surface area contributed by atoms with Crippen molar-refractivity contribution in [1.82, 2.24) is 4.98 Å². The van der Waals surface area contributed by atoms with Crippen molar-refractivity contribution < 1.29 is 14.7 Å². The van der Waals surface area contributed by atoms with Crippen molar-refractivity contribution in [3.8, 4) is 0 Å². The number of anilines is 3. The quantitative estimate of drug-likeness (QED) is 0.794. The fourth-order valence-electron chi connectivity index (χ4n) is 1.64. The highest BCUT2D eigenvalue weighted by atomic mass is 16.4. The Morgan fingerprint density at radius 3 is 2.45 bits per heavy atom. The fourth-order valence-corrected chi connectivity index (χ4v) is 1.64. The second kappa shape index (κ2) is 5.83. The first kappa shape index (κ1) is 13.5. The first-order valence-corrected chi connectivity index (χ1v) is 5.88. The summed E-state index contributed by atoms with van der Waals surface area (Å²) in [5.41, 5.74) is 2.09. The minimum atomic E-state index is -1.07. The van der Waals surface area contributed by atoms with Crippen LogP contribution in [-0.4, -0.2) is 22.0 Å². The van der Waals surface area contributed by atoms with Gasteiger partial charge in [-0.2, -0.15) is 0 Å². The van der Waals surface area contributed by atoms with Crippen LogP contribution in [0.4, 0.5) is 17.1 Å². The van der Waals surface area contributed by atoms with Gasteiger partial charge in [-0.05, 0) is 30.3 Å². The van der Waals surface area contributed by atoms with Crippen molar-refractivity contribution >= 4 is 28.9 Å². The van der Waals surface area contributed by atoms with Crippen molar-refractivity contribution in [3.63, 3.8) is 0 Å². The third-order valence-electron chi connectivity index (χ3n) is 2.45. The van der Waals surface area contributed by atoms with E-state index in [1.807, 2.05) is 6.07 Å². The number of carboxylic acids is 1. The van der Waals surface area contributed by atoms with Crippen molar-refractivity contribution in [2.75, 3.05) is 10.6 Å². The summed E-state index contributed by atoms with van der Waals surface area (Å²) in [6.45, 7) is 1.44. The zero-order valence-electron chi connectivity index (χ0n) is 10.8. The van der Waals surface area contributed by atoms with E-state index >= 15 is 0 Å². The molecule has 0 aliphatic carbocycles. The number of hydrogen-bond acceptors (Lipinski definition) is 4. The molecule has 6 nitrogen and oxygen atoms in total. The van der Waals surface area contributed by atoms with Crippen molar-refractivity contribution in [3.05, 3.63) is 48.3 Å². The van der Waals surface area contributed by atoms with Crippen molar-refractivity contribution in [2.45, 2.75) is 6.92 Å². The molecule has 3 N–H and O–H groups in total. The number of nitrogens with zero attached hydrogens (tertiary/aromatic N) is 1. The Kier molecular flexibility index (Phi) is 3.95. The number of amides is 1. The molecular formula is C14H13N3O3. The third-order valence-corrected chi connectivity index (χ3v) is 2.45. The number of rotatable bonds is 4. The summed E-state index contributed by atoms with van der Waals surface area (Å²) in [6, 6.07) is 10.2. The Labute approximate surface area is 115 Å². The molecule has 0 saturated carbocycles. The molecule has 1 aromatic carbocycles. The summed E-state index contributed by atoms with van der Waals surface area (Å²) in [5, 5.41) is 14.5. The molecule has 0 saturated heterocycles. The maximum absolute atomic E-state index is 11.0. The van der Waals surface area contributed by atoms with E-state index in [4.69, 9.17) is 5.11 Å². The molecule has 0 bridgehead atoms. The lowest BCUT2D eigenvalue weighted by Crippen LogP contribution is -2.05. The number of hydrogen-bond donors (Lipinski definition) is 3. The average molecular weight is 271 g/mol. The molecule has 0 aliphatic heterocycles. The number of benzene rings is 1. The Bertz CT molecular complexity index is 638. The third kappa shape index (κ3) is 3.55. The number of aromatic carboxylic acids is 1. The highest BCUT2D eigenvalue weighted by Gasteiger charge is 2.04. The largest absolute Gasteiger partial charge is 0.477 e. The van der Waals surface area contributed by atoms with E-state index in [0.717, 1.165) is 5.69 Å². The highest BCUT2D eigenvalue weighted by molar-refractivity contribution is 5.89. The molecule has 0 aliphatic rings. The molecule has 20 heavy (non-hydrogen) atoms. The SMILES string of the molecule is CC(=O)Nc1cccc(Nc2ccc(C(=O)O)nc2)c1. The van der Waals surface area contributed by atoms with Crippen LogP contribution in [0.15, 0.2) is 42.6 Å². The predicted molar refractivity (Wildman–Crippen MR) is 75.2 cm³/mol. The summed E-state index contributed by atoms with van der Waals surface area (Å²) < 4.78 is 0. The van der Waals surface area contributed by atoms with Gasteiger partial charge >= 0.3 is 5.97 Å². The van der Waals surface area contributed by atoms with Gasteiger partial charge in [0, 0.05) is 18.3 Å². The van der Waals surface area contributed by atoms with Crippen molar-refractivity contribution in [2.24, 2.45) is 0 Å². The maximum atomic E-state index is 11.0. The van der Waals surface area contributed by atoms with E-state index in [2.05, 4.69) is 15.6 Å². The molecular weight excluding hydrogens is 258 g/mol. The van der Waals surface area contributed by atoms with Gasteiger partial charge in [0.1, 0.15) is 5.69 Å². The molecule has 6 heteroatoms. The van der Waals surface area contributed by atoms with Crippen LogP contribution in [0.2, 0.25) is 0 Å². The molecule has 0 radical (unpaired) electrons. The van der Waals surface area contributed by atoms with Crippen LogP contribution in [0, 0.1) is 0 Å². The minimum absolute atomic E-state index is 0.0115. The molecule has 2 aromatic rings. The van der Waals surface area contributed by atoms with Gasteiger partial charge in [0.25, 0.3) is 0 Å². The summed E-state index contributed by atoms with van der Waals surface area (Å²) in [4.78, 5) is 25.5. The number of aromatic nitrogens is 1. The van der Waals surface area contributed by atoms with E-state index in [1.165, 1.54) is 19.2 Å². The maximum Gasteiger partial charge on any atom is 0.354 e. The Morgan fingerprint density at radius 2 is 1.85 bits per heavy atom. The van der Waals surface area contributed by atoms with E-state index in [-0.39, 0.29) is 11.6 Å². The molecule has 1 amide bonds. The van der Waals surface area contributed by atoms with E-state index in [0.29, 0.717) is 11.4 Å².